The van der Waals surface area contributed by atoms with Crippen molar-refractivity contribution < 1.29 is 14.6 Å². The number of rotatable bonds is 5. The number of hydrogen-bond donors (Lipinski definition) is 4. The quantitative estimate of drug-likeness (QED) is 0.370. The second-order valence-corrected chi connectivity index (χ2v) is 7.63. The van der Waals surface area contributed by atoms with Gasteiger partial charge in [-0.25, -0.2) is 0 Å². The van der Waals surface area contributed by atoms with Gasteiger partial charge in [0, 0.05) is 35.8 Å². The van der Waals surface area contributed by atoms with Gasteiger partial charge in [0.15, 0.2) is 0 Å². The maximum absolute atomic E-state index is 13.0. The van der Waals surface area contributed by atoms with Crippen molar-refractivity contribution in [3.63, 3.8) is 0 Å². The Morgan fingerprint density at radius 3 is 2.65 bits per heavy atom. The maximum atomic E-state index is 13.0. The van der Waals surface area contributed by atoms with Crippen molar-refractivity contribution in [1.29, 1.82) is 5.41 Å². The first-order valence-electron chi connectivity index (χ1n) is 10.1. The maximum Gasteiger partial charge on any atom is 0.257 e. The van der Waals surface area contributed by atoms with Crippen LogP contribution >= 0.6 is 0 Å². The number of nitrogens with zero attached hydrogens (tertiary/aromatic N) is 2. The lowest BCUT2D eigenvalue weighted by Gasteiger charge is -2.20. The SMILES string of the molecule is COc1cc2c(C(N)c3cc(C(=N)N)ccc3O)nccc2cc1C(=O)N1CCCC1. The van der Waals surface area contributed by atoms with Crippen molar-refractivity contribution in [2.75, 3.05) is 20.2 Å². The number of carbonyl (C=O) groups is 1. The third kappa shape index (κ3) is 3.77. The number of nitrogen functional groups attached to an aromatic ring is 1. The van der Waals surface area contributed by atoms with Gasteiger partial charge in [-0.15, -0.1) is 0 Å². The summed E-state index contributed by atoms with van der Waals surface area (Å²) in [5.74, 6) is 0.272. The molecular weight excluding hydrogens is 394 g/mol. The topological polar surface area (TPSA) is 139 Å². The average molecular weight is 419 g/mol. The molecule has 1 amide bonds. The second-order valence-electron chi connectivity index (χ2n) is 7.63. The Balaban J connectivity index is 1.82. The van der Waals surface area contributed by atoms with E-state index in [9.17, 15) is 9.90 Å². The van der Waals surface area contributed by atoms with Gasteiger partial charge in [0.25, 0.3) is 5.91 Å². The number of amides is 1. The molecule has 3 aromatic rings. The second kappa shape index (κ2) is 8.23. The van der Waals surface area contributed by atoms with Crippen molar-refractivity contribution in [3.8, 4) is 11.5 Å². The first-order chi connectivity index (χ1) is 14.9. The van der Waals surface area contributed by atoms with E-state index in [1.807, 2.05) is 11.0 Å². The summed E-state index contributed by atoms with van der Waals surface area (Å²) in [6.07, 6.45) is 3.64. The molecule has 1 saturated heterocycles. The molecule has 0 aliphatic carbocycles. The van der Waals surface area contributed by atoms with Crippen LogP contribution in [0.4, 0.5) is 0 Å². The van der Waals surface area contributed by atoms with Gasteiger partial charge in [-0.2, -0.15) is 0 Å². The summed E-state index contributed by atoms with van der Waals surface area (Å²) < 4.78 is 5.54. The number of nitrogens with two attached hydrogens (primary N) is 2. The largest absolute Gasteiger partial charge is 0.508 e. The van der Waals surface area contributed by atoms with Crippen LogP contribution in [-0.2, 0) is 0 Å². The molecular formula is C23H25N5O3. The highest BCUT2D eigenvalue weighted by Crippen LogP contribution is 2.34. The van der Waals surface area contributed by atoms with Crippen molar-refractivity contribution in [1.82, 2.24) is 9.88 Å². The first-order valence-corrected chi connectivity index (χ1v) is 10.1. The number of likely N-dealkylation sites (tertiary alicyclic amines) is 1. The molecule has 160 valence electrons. The van der Waals surface area contributed by atoms with Gasteiger partial charge < -0.3 is 26.2 Å². The number of amidine groups is 1. The molecule has 0 bridgehead atoms. The molecule has 2 aromatic carbocycles. The minimum Gasteiger partial charge on any atom is -0.508 e. The monoisotopic (exact) mass is 419 g/mol. The molecule has 2 heterocycles. The number of nitrogens with one attached hydrogen (secondary N) is 1. The van der Waals surface area contributed by atoms with Crippen LogP contribution in [0, 0.1) is 5.41 Å². The lowest BCUT2D eigenvalue weighted by atomic mass is 9.95. The Morgan fingerprint density at radius 2 is 1.97 bits per heavy atom. The third-order valence-corrected chi connectivity index (χ3v) is 5.71. The van der Waals surface area contributed by atoms with E-state index < -0.39 is 6.04 Å². The molecule has 8 nitrogen and oxygen atoms in total. The molecule has 1 fully saturated rings. The summed E-state index contributed by atoms with van der Waals surface area (Å²) in [6.45, 7) is 1.50. The average Bonchev–Trinajstić information content (AvgIpc) is 3.32. The van der Waals surface area contributed by atoms with Crippen LogP contribution < -0.4 is 16.2 Å². The van der Waals surface area contributed by atoms with Crippen LogP contribution in [0.5, 0.6) is 11.5 Å². The van der Waals surface area contributed by atoms with Crippen molar-refractivity contribution >= 4 is 22.5 Å². The molecule has 0 saturated carbocycles. The number of benzene rings is 2. The standard InChI is InChI=1S/C23H25N5O3/c1-31-19-12-15-13(10-17(19)23(30)28-8-2-3-9-28)6-7-27-21(15)20(24)16-11-14(22(25)26)4-5-18(16)29/h4-7,10-12,20,29H,2-3,8-9,24H2,1H3,(H3,25,26). The van der Waals surface area contributed by atoms with Gasteiger partial charge in [-0.3, -0.25) is 15.2 Å². The van der Waals surface area contributed by atoms with Crippen molar-refractivity contribution in [2.45, 2.75) is 18.9 Å². The summed E-state index contributed by atoms with van der Waals surface area (Å²) in [7, 11) is 1.53. The van der Waals surface area contributed by atoms with Crippen LogP contribution in [0.15, 0.2) is 42.6 Å². The highest BCUT2D eigenvalue weighted by atomic mass is 16.5. The third-order valence-electron chi connectivity index (χ3n) is 5.71. The summed E-state index contributed by atoms with van der Waals surface area (Å²) in [5, 5.41) is 19.5. The Bertz CT molecular complexity index is 1170. The number of ether oxygens (including phenoxy) is 1. The molecule has 1 unspecified atom stereocenters. The zero-order valence-electron chi connectivity index (χ0n) is 17.3. The van der Waals surface area contributed by atoms with Crippen molar-refractivity contribution in [3.05, 3.63) is 65.0 Å². The Morgan fingerprint density at radius 1 is 1.23 bits per heavy atom. The number of pyridine rings is 1. The number of hydrogen-bond acceptors (Lipinski definition) is 6. The molecule has 1 aromatic heterocycles. The van der Waals surface area contributed by atoms with Crippen LogP contribution in [-0.4, -0.2) is 46.9 Å². The zero-order valence-corrected chi connectivity index (χ0v) is 17.3. The fourth-order valence-electron chi connectivity index (χ4n) is 4.02. The number of phenolic OH excluding ortho intramolecular Hbond substituents is 1. The lowest BCUT2D eigenvalue weighted by Crippen LogP contribution is -2.28. The Hall–Kier alpha value is -3.65. The van der Waals surface area contributed by atoms with Crippen LogP contribution in [0.3, 0.4) is 0 Å². The highest BCUT2D eigenvalue weighted by Gasteiger charge is 2.25. The van der Waals surface area contributed by atoms with E-state index in [1.165, 1.54) is 13.2 Å². The molecule has 1 aliphatic rings. The van der Waals surface area contributed by atoms with E-state index in [-0.39, 0.29) is 17.5 Å². The Labute approximate surface area is 179 Å². The summed E-state index contributed by atoms with van der Waals surface area (Å²) in [6, 6.07) is 9.23. The summed E-state index contributed by atoms with van der Waals surface area (Å²) in [5.41, 5.74) is 14.0. The predicted octanol–water partition coefficient (Wildman–Crippen LogP) is 2.52. The molecule has 6 N–H and O–H groups in total. The van der Waals surface area contributed by atoms with Crippen LogP contribution in [0.25, 0.3) is 10.8 Å². The van der Waals surface area contributed by atoms with Crippen molar-refractivity contribution in [2.24, 2.45) is 11.5 Å². The molecule has 31 heavy (non-hydrogen) atoms. The molecule has 0 radical (unpaired) electrons. The van der Waals surface area contributed by atoms with Crippen LogP contribution in [0.1, 0.15) is 46.1 Å². The molecule has 4 rings (SSSR count). The van der Waals surface area contributed by atoms with E-state index in [0.29, 0.717) is 28.1 Å². The van der Waals surface area contributed by atoms with E-state index in [1.54, 1.807) is 30.5 Å². The number of methoxy groups -OCH3 is 1. The smallest absolute Gasteiger partial charge is 0.257 e. The van der Waals surface area contributed by atoms with Gasteiger partial charge in [0.05, 0.1) is 24.4 Å². The molecule has 8 heteroatoms. The molecule has 1 atom stereocenters. The summed E-state index contributed by atoms with van der Waals surface area (Å²) in [4.78, 5) is 19.3. The van der Waals surface area contributed by atoms with Gasteiger partial charge >= 0.3 is 0 Å². The van der Waals surface area contributed by atoms with Gasteiger partial charge in [0.2, 0.25) is 0 Å². The van der Waals surface area contributed by atoms with Gasteiger partial charge in [0.1, 0.15) is 17.3 Å². The van der Waals surface area contributed by atoms with Gasteiger partial charge in [-0.05, 0) is 54.6 Å². The fourth-order valence-corrected chi connectivity index (χ4v) is 4.02. The number of phenols is 1. The fraction of sp³-hybridized carbons (Fsp3) is 0.261. The first kappa shape index (κ1) is 20.6. The predicted molar refractivity (Wildman–Crippen MR) is 119 cm³/mol. The minimum atomic E-state index is -0.771. The van der Waals surface area contributed by atoms with E-state index in [4.69, 9.17) is 21.6 Å². The molecule has 1 aliphatic heterocycles. The number of aromatic hydroxyl groups is 1. The number of carbonyl (C=O) groups excluding carboxylic acids is 1. The zero-order chi connectivity index (χ0) is 22.1. The van der Waals surface area contributed by atoms with Crippen LogP contribution in [0.2, 0.25) is 0 Å². The minimum absolute atomic E-state index is 0.0101. The van der Waals surface area contributed by atoms with E-state index in [2.05, 4.69) is 4.98 Å². The van der Waals surface area contributed by atoms with E-state index in [0.717, 1.165) is 36.7 Å². The number of aromatic nitrogens is 1. The van der Waals surface area contributed by atoms with E-state index >= 15 is 0 Å². The highest BCUT2D eigenvalue weighted by molar-refractivity contribution is 6.02. The Kier molecular flexibility index (Phi) is 5.48. The van der Waals surface area contributed by atoms with Gasteiger partial charge in [-0.1, -0.05) is 0 Å². The summed E-state index contributed by atoms with van der Waals surface area (Å²) >= 11 is 0. The normalized spacial score (nSPS) is 14.6. The number of fused-ring (bicyclic) bond motifs is 1. The molecule has 0 spiro atoms. The lowest BCUT2D eigenvalue weighted by molar-refractivity contribution is 0.0789.